The number of benzene rings is 1. The molecule has 1 aromatic carbocycles. The first-order chi connectivity index (χ1) is 8.63. The Morgan fingerprint density at radius 1 is 1.44 bits per heavy atom. The number of nitrogens with zero attached hydrogens (tertiary/aromatic N) is 1. The van der Waals surface area contributed by atoms with Crippen molar-refractivity contribution < 1.29 is 9.18 Å². The van der Waals surface area contributed by atoms with Crippen molar-refractivity contribution in [1.82, 2.24) is 10.2 Å². The summed E-state index contributed by atoms with van der Waals surface area (Å²) in [5.74, 6) is 0.307. The van der Waals surface area contributed by atoms with E-state index in [-0.39, 0.29) is 11.7 Å². The molecule has 1 heterocycles. The third-order valence-corrected chi connectivity index (χ3v) is 3.37. The maximum Gasteiger partial charge on any atom is 0.220 e. The van der Waals surface area contributed by atoms with Crippen LogP contribution < -0.4 is 5.32 Å². The molecule has 0 spiro atoms. The summed E-state index contributed by atoms with van der Waals surface area (Å²) in [6.07, 6.45) is 1.69. The summed E-state index contributed by atoms with van der Waals surface area (Å²) in [5.41, 5.74) is 0.924. The van der Waals surface area contributed by atoms with Crippen LogP contribution in [0, 0.1) is 11.7 Å². The number of carbonyl (C=O) groups is 1. The van der Waals surface area contributed by atoms with Crippen molar-refractivity contribution in [2.24, 2.45) is 5.92 Å². The van der Waals surface area contributed by atoms with E-state index in [1.807, 2.05) is 0 Å². The molecule has 0 saturated carbocycles. The fourth-order valence-electron chi connectivity index (χ4n) is 2.33. The molecule has 1 N–H and O–H groups in total. The number of amides is 1. The smallest absolute Gasteiger partial charge is 0.220 e. The maximum atomic E-state index is 12.7. The molecule has 3 nitrogen and oxygen atoms in total. The lowest BCUT2D eigenvalue weighted by molar-refractivity contribution is -0.122. The fraction of sp³-hybridized carbons (Fsp3) is 0.500. The van der Waals surface area contributed by atoms with Crippen molar-refractivity contribution in [3.8, 4) is 0 Å². The first-order valence-corrected chi connectivity index (χ1v) is 6.33. The Labute approximate surface area is 107 Å². The molecule has 4 heteroatoms. The topological polar surface area (TPSA) is 32.3 Å². The number of rotatable bonds is 4. The van der Waals surface area contributed by atoms with Gasteiger partial charge in [-0.15, -0.1) is 0 Å². The second-order valence-corrected chi connectivity index (χ2v) is 5.02. The highest BCUT2D eigenvalue weighted by atomic mass is 19.1. The van der Waals surface area contributed by atoms with E-state index >= 15 is 0 Å². The Morgan fingerprint density at radius 2 is 2.17 bits per heavy atom. The molecule has 1 aromatic rings. The Kier molecular flexibility index (Phi) is 4.31. The Bertz CT molecular complexity index is 405. The molecule has 0 radical (unpaired) electrons. The zero-order chi connectivity index (χ0) is 13.0. The zero-order valence-corrected chi connectivity index (χ0v) is 10.7. The SMILES string of the molecule is CN1CCC(CC(=O)NCc2ccc(F)cc2)C1. The third kappa shape index (κ3) is 3.81. The van der Waals surface area contributed by atoms with Gasteiger partial charge in [-0.25, -0.2) is 4.39 Å². The molecular weight excluding hydrogens is 231 g/mol. The molecule has 1 unspecified atom stereocenters. The summed E-state index contributed by atoms with van der Waals surface area (Å²) in [6.45, 7) is 2.56. The molecule has 0 aliphatic carbocycles. The van der Waals surface area contributed by atoms with Crippen LogP contribution in [0.3, 0.4) is 0 Å². The second-order valence-electron chi connectivity index (χ2n) is 5.02. The summed E-state index contributed by atoms with van der Waals surface area (Å²) in [7, 11) is 2.08. The van der Waals surface area contributed by atoms with Crippen LogP contribution in [-0.2, 0) is 11.3 Å². The van der Waals surface area contributed by atoms with Gasteiger partial charge in [-0.3, -0.25) is 4.79 Å². The van der Waals surface area contributed by atoms with Gasteiger partial charge >= 0.3 is 0 Å². The molecule has 0 aromatic heterocycles. The van der Waals surface area contributed by atoms with Crippen molar-refractivity contribution in [3.63, 3.8) is 0 Å². The molecule has 1 aliphatic heterocycles. The lowest BCUT2D eigenvalue weighted by atomic mass is 10.0. The van der Waals surface area contributed by atoms with Gasteiger partial charge in [0.2, 0.25) is 5.91 Å². The average molecular weight is 250 g/mol. The summed E-state index contributed by atoms with van der Waals surface area (Å²) < 4.78 is 12.7. The largest absolute Gasteiger partial charge is 0.352 e. The normalized spacial score (nSPS) is 20.0. The average Bonchev–Trinajstić information content (AvgIpc) is 2.74. The third-order valence-electron chi connectivity index (χ3n) is 3.37. The first kappa shape index (κ1) is 13.0. The first-order valence-electron chi connectivity index (χ1n) is 6.33. The lowest BCUT2D eigenvalue weighted by Crippen LogP contribution is -2.26. The minimum Gasteiger partial charge on any atom is -0.352 e. The van der Waals surface area contributed by atoms with Gasteiger partial charge in [0.15, 0.2) is 0 Å². The maximum absolute atomic E-state index is 12.7. The van der Waals surface area contributed by atoms with E-state index in [1.165, 1.54) is 12.1 Å². The van der Waals surface area contributed by atoms with Gasteiger partial charge in [-0.1, -0.05) is 12.1 Å². The molecule has 1 aliphatic rings. The second kappa shape index (κ2) is 5.96. The van der Waals surface area contributed by atoms with Crippen LogP contribution in [0.25, 0.3) is 0 Å². The van der Waals surface area contributed by atoms with Crippen LogP contribution in [0.5, 0.6) is 0 Å². The van der Waals surface area contributed by atoms with Crippen LogP contribution >= 0.6 is 0 Å². The Hall–Kier alpha value is -1.42. The number of hydrogen-bond donors (Lipinski definition) is 1. The number of hydrogen-bond acceptors (Lipinski definition) is 2. The highest BCUT2D eigenvalue weighted by Gasteiger charge is 2.21. The predicted molar refractivity (Wildman–Crippen MR) is 68.5 cm³/mol. The zero-order valence-electron chi connectivity index (χ0n) is 10.7. The number of nitrogens with one attached hydrogen (secondary N) is 1. The summed E-state index contributed by atoms with van der Waals surface area (Å²) >= 11 is 0. The van der Waals surface area contributed by atoms with Crippen LogP contribution in [-0.4, -0.2) is 30.9 Å². The quantitative estimate of drug-likeness (QED) is 0.883. The van der Waals surface area contributed by atoms with Gasteiger partial charge in [0.25, 0.3) is 0 Å². The van der Waals surface area contributed by atoms with E-state index in [4.69, 9.17) is 0 Å². The van der Waals surface area contributed by atoms with E-state index in [9.17, 15) is 9.18 Å². The lowest BCUT2D eigenvalue weighted by Gasteiger charge is -2.10. The van der Waals surface area contributed by atoms with E-state index in [0.717, 1.165) is 25.1 Å². The Balaban J connectivity index is 1.73. The van der Waals surface area contributed by atoms with Crippen LogP contribution in [0.1, 0.15) is 18.4 Å². The molecule has 18 heavy (non-hydrogen) atoms. The molecule has 0 bridgehead atoms. The van der Waals surface area contributed by atoms with Crippen molar-refractivity contribution in [3.05, 3.63) is 35.6 Å². The van der Waals surface area contributed by atoms with Crippen LogP contribution in [0.2, 0.25) is 0 Å². The standard InChI is InChI=1S/C14H19FN2O/c1-17-7-6-12(10-17)8-14(18)16-9-11-2-4-13(15)5-3-11/h2-5,12H,6-10H2,1H3,(H,16,18). The number of carbonyl (C=O) groups excluding carboxylic acids is 1. The molecule has 1 amide bonds. The molecule has 1 atom stereocenters. The van der Waals surface area contributed by atoms with Crippen molar-refractivity contribution in [2.45, 2.75) is 19.4 Å². The van der Waals surface area contributed by atoms with Crippen molar-refractivity contribution in [1.29, 1.82) is 0 Å². The minimum atomic E-state index is -0.251. The van der Waals surface area contributed by atoms with E-state index < -0.39 is 0 Å². The molecule has 1 fully saturated rings. The van der Waals surface area contributed by atoms with Crippen LogP contribution in [0.15, 0.2) is 24.3 Å². The predicted octanol–water partition coefficient (Wildman–Crippen LogP) is 1.78. The highest BCUT2D eigenvalue weighted by Crippen LogP contribution is 2.17. The van der Waals surface area contributed by atoms with Gasteiger partial charge in [0.1, 0.15) is 5.82 Å². The minimum absolute atomic E-state index is 0.0830. The fourth-order valence-corrected chi connectivity index (χ4v) is 2.33. The summed E-state index contributed by atoms with van der Waals surface area (Å²) in [6, 6.07) is 6.21. The van der Waals surface area contributed by atoms with Gasteiger partial charge in [0, 0.05) is 19.5 Å². The van der Waals surface area contributed by atoms with E-state index in [2.05, 4.69) is 17.3 Å². The highest BCUT2D eigenvalue weighted by molar-refractivity contribution is 5.76. The van der Waals surface area contributed by atoms with Crippen molar-refractivity contribution >= 4 is 5.91 Å². The Morgan fingerprint density at radius 3 is 2.78 bits per heavy atom. The van der Waals surface area contributed by atoms with Gasteiger partial charge in [-0.2, -0.15) is 0 Å². The monoisotopic (exact) mass is 250 g/mol. The summed E-state index contributed by atoms with van der Waals surface area (Å²) in [5, 5.41) is 2.88. The number of likely N-dealkylation sites (tertiary alicyclic amines) is 1. The van der Waals surface area contributed by atoms with Gasteiger partial charge < -0.3 is 10.2 Å². The van der Waals surface area contributed by atoms with E-state index in [1.54, 1.807) is 12.1 Å². The molecular formula is C14H19FN2O. The van der Waals surface area contributed by atoms with Gasteiger partial charge in [0.05, 0.1) is 0 Å². The molecule has 2 rings (SSSR count). The number of halogens is 1. The molecule has 1 saturated heterocycles. The summed E-state index contributed by atoms with van der Waals surface area (Å²) in [4.78, 5) is 14.0. The van der Waals surface area contributed by atoms with Gasteiger partial charge in [-0.05, 0) is 43.6 Å². The van der Waals surface area contributed by atoms with Crippen LogP contribution in [0.4, 0.5) is 4.39 Å². The molecule has 98 valence electrons. The van der Waals surface area contributed by atoms with Crippen molar-refractivity contribution in [2.75, 3.05) is 20.1 Å². The van der Waals surface area contributed by atoms with E-state index in [0.29, 0.717) is 18.9 Å².